The Hall–Kier alpha value is -2.82. The molecule has 0 radical (unpaired) electrons. The Labute approximate surface area is 220 Å². The van der Waals surface area contributed by atoms with E-state index in [1.807, 2.05) is 30.5 Å². The highest BCUT2D eigenvalue weighted by molar-refractivity contribution is 6.39. The van der Waals surface area contributed by atoms with Crippen molar-refractivity contribution in [2.24, 2.45) is 5.41 Å². The van der Waals surface area contributed by atoms with Crippen molar-refractivity contribution >= 4 is 45.4 Å². The largest absolute Gasteiger partial charge is 0.371 e. The van der Waals surface area contributed by atoms with Crippen molar-refractivity contribution in [1.82, 2.24) is 10.1 Å². The summed E-state index contributed by atoms with van der Waals surface area (Å²) in [6.07, 6.45) is 10.0. The Morgan fingerprint density at radius 2 is 1.72 bits per heavy atom. The van der Waals surface area contributed by atoms with Crippen LogP contribution < -0.4 is 4.90 Å². The highest BCUT2D eigenvalue weighted by Gasteiger charge is 2.44. The van der Waals surface area contributed by atoms with Crippen LogP contribution in [0.5, 0.6) is 0 Å². The van der Waals surface area contributed by atoms with E-state index in [1.54, 1.807) is 0 Å². The van der Waals surface area contributed by atoms with E-state index < -0.39 is 0 Å². The van der Waals surface area contributed by atoms with Gasteiger partial charge in [-0.05, 0) is 79.8 Å². The summed E-state index contributed by atoms with van der Waals surface area (Å²) in [7, 11) is 0. The predicted molar refractivity (Wildman–Crippen MR) is 147 cm³/mol. The van der Waals surface area contributed by atoms with Gasteiger partial charge in [0.1, 0.15) is 11.5 Å². The van der Waals surface area contributed by atoms with Crippen molar-refractivity contribution in [3.05, 3.63) is 81.7 Å². The van der Waals surface area contributed by atoms with Crippen LogP contribution in [0.15, 0.2) is 59.3 Å². The van der Waals surface area contributed by atoms with Crippen LogP contribution in [0.2, 0.25) is 10.0 Å². The van der Waals surface area contributed by atoms with Crippen molar-refractivity contribution in [1.29, 1.82) is 0 Å². The van der Waals surface area contributed by atoms with E-state index in [-0.39, 0.29) is 5.41 Å². The molecule has 7 rings (SSSR count). The van der Waals surface area contributed by atoms with Crippen molar-refractivity contribution < 1.29 is 4.52 Å². The molecule has 4 nitrogen and oxygen atoms in total. The molecule has 36 heavy (non-hydrogen) atoms. The molecule has 2 aromatic heterocycles. The summed E-state index contributed by atoms with van der Waals surface area (Å²) in [5, 5.41) is 6.92. The van der Waals surface area contributed by atoms with Crippen LogP contribution in [0.4, 0.5) is 5.69 Å². The molecule has 2 fully saturated rings. The molecule has 6 heteroatoms. The molecule has 1 aliphatic heterocycles. The zero-order chi connectivity index (χ0) is 24.4. The van der Waals surface area contributed by atoms with Crippen molar-refractivity contribution in [3.8, 4) is 11.3 Å². The number of benzene rings is 2. The molecule has 2 aliphatic carbocycles. The van der Waals surface area contributed by atoms with Crippen molar-refractivity contribution in [3.63, 3.8) is 0 Å². The number of hydrogen-bond donors (Lipinski definition) is 0. The summed E-state index contributed by atoms with van der Waals surface area (Å²) in [6.45, 7) is 4.29. The Kier molecular flexibility index (Phi) is 5.20. The normalized spacial score (nSPS) is 19.0. The van der Waals surface area contributed by atoms with Gasteiger partial charge in [-0.1, -0.05) is 52.6 Å². The van der Waals surface area contributed by atoms with Crippen LogP contribution in [0, 0.1) is 12.3 Å². The number of allylic oxidation sites excluding steroid dienone is 2. The number of anilines is 1. The molecule has 2 aromatic carbocycles. The number of rotatable bonds is 4. The lowest BCUT2D eigenvalue weighted by Crippen LogP contribution is -2.42. The Morgan fingerprint density at radius 1 is 0.972 bits per heavy atom. The van der Waals surface area contributed by atoms with Gasteiger partial charge >= 0.3 is 0 Å². The first-order valence-electron chi connectivity index (χ1n) is 12.8. The number of fused-ring (bicyclic) bond motifs is 1. The van der Waals surface area contributed by atoms with Crippen LogP contribution in [0.3, 0.4) is 0 Å². The van der Waals surface area contributed by atoms with Gasteiger partial charge in [0.25, 0.3) is 0 Å². The smallest absolute Gasteiger partial charge is 0.147 e. The molecule has 0 bridgehead atoms. The third kappa shape index (κ3) is 3.57. The number of aromatic nitrogens is 2. The Bertz CT molecular complexity index is 1510. The fourth-order valence-electron chi connectivity index (χ4n) is 6.15. The Morgan fingerprint density at radius 3 is 2.44 bits per heavy atom. The van der Waals surface area contributed by atoms with Gasteiger partial charge in [0, 0.05) is 47.4 Å². The van der Waals surface area contributed by atoms with Gasteiger partial charge in [-0.25, -0.2) is 0 Å². The minimum Gasteiger partial charge on any atom is -0.371 e. The number of halogens is 2. The molecule has 3 aliphatic rings. The number of piperidine rings is 1. The van der Waals surface area contributed by atoms with Crippen LogP contribution in [0.25, 0.3) is 27.7 Å². The van der Waals surface area contributed by atoms with E-state index in [1.165, 1.54) is 22.2 Å². The maximum absolute atomic E-state index is 6.58. The second-order valence-corrected chi connectivity index (χ2v) is 11.4. The lowest BCUT2D eigenvalue weighted by Gasteiger charge is -2.47. The molecule has 1 spiro atoms. The van der Waals surface area contributed by atoms with E-state index in [0.717, 1.165) is 73.3 Å². The molecule has 3 heterocycles. The third-order valence-electron chi connectivity index (χ3n) is 8.31. The van der Waals surface area contributed by atoms with E-state index in [2.05, 4.69) is 46.2 Å². The number of nitrogens with zero attached hydrogens (tertiary/aromatic N) is 3. The van der Waals surface area contributed by atoms with Crippen LogP contribution in [-0.4, -0.2) is 23.2 Å². The average Bonchev–Trinajstić information content (AvgIpc) is 3.63. The van der Waals surface area contributed by atoms with Crippen LogP contribution >= 0.6 is 23.2 Å². The average molecular weight is 516 g/mol. The first kappa shape index (κ1) is 22.4. The highest BCUT2D eigenvalue weighted by atomic mass is 35.5. The summed E-state index contributed by atoms with van der Waals surface area (Å²) in [6, 6.07) is 14.2. The van der Waals surface area contributed by atoms with Gasteiger partial charge in [0.05, 0.1) is 15.6 Å². The molecule has 182 valence electrons. The summed E-state index contributed by atoms with van der Waals surface area (Å²) >= 11 is 13.2. The van der Waals surface area contributed by atoms with Crippen LogP contribution in [0.1, 0.15) is 54.9 Å². The maximum atomic E-state index is 6.58. The minimum absolute atomic E-state index is 0.245. The second-order valence-electron chi connectivity index (χ2n) is 10.6. The topological polar surface area (TPSA) is 42.2 Å². The first-order valence-corrected chi connectivity index (χ1v) is 13.5. The molecule has 0 unspecified atom stereocenters. The highest BCUT2D eigenvalue weighted by Crippen LogP contribution is 2.56. The van der Waals surface area contributed by atoms with Crippen molar-refractivity contribution in [2.45, 2.75) is 44.9 Å². The molecular weight excluding hydrogens is 489 g/mol. The van der Waals surface area contributed by atoms with E-state index in [9.17, 15) is 0 Å². The van der Waals surface area contributed by atoms with Gasteiger partial charge in [-0.15, -0.1) is 0 Å². The van der Waals surface area contributed by atoms with Gasteiger partial charge in [-0.2, -0.15) is 0 Å². The molecule has 4 aromatic rings. The summed E-state index contributed by atoms with van der Waals surface area (Å²) in [5.41, 5.74) is 7.98. The van der Waals surface area contributed by atoms with E-state index in [4.69, 9.17) is 27.7 Å². The lowest BCUT2D eigenvalue weighted by atomic mass is 9.63. The SMILES string of the molecule is Cc1c(N2CCC3(C=C(c4c(-c5c(Cl)cccc5Cl)noc4C4CC4)C3)CC2)ccc2cccnc12. The standard InChI is InChI=1S/C30H27Cl2N3O/c1-18-24(10-9-19-4-3-13-33-27(18)19)35-14-11-30(12-15-35)16-21(17-30)25-28(34-36-29(25)20-7-8-20)26-22(31)5-2-6-23(26)32/h2-6,9-10,13,16,20H,7-8,11-12,14-15,17H2,1H3. The summed E-state index contributed by atoms with van der Waals surface area (Å²) < 4.78 is 5.92. The van der Waals surface area contributed by atoms with Gasteiger partial charge in [0.15, 0.2) is 0 Å². The zero-order valence-electron chi connectivity index (χ0n) is 20.2. The fourth-order valence-corrected chi connectivity index (χ4v) is 6.73. The first-order chi connectivity index (χ1) is 17.5. The third-order valence-corrected chi connectivity index (χ3v) is 8.94. The zero-order valence-corrected chi connectivity index (χ0v) is 21.7. The van der Waals surface area contributed by atoms with Gasteiger partial charge in [0.2, 0.25) is 0 Å². The molecule has 1 saturated heterocycles. The van der Waals surface area contributed by atoms with Crippen molar-refractivity contribution in [2.75, 3.05) is 18.0 Å². The summed E-state index contributed by atoms with van der Waals surface area (Å²) in [5.74, 6) is 1.48. The predicted octanol–water partition coefficient (Wildman–Crippen LogP) is 8.46. The monoisotopic (exact) mass is 515 g/mol. The number of aryl methyl sites for hydroxylation is 1. The van der Waals surface area contributed by atoms with Crippen LogP contribution in [-0.2, 0) is 0 Å². The van der Waals surface area contributed by atoms with Gasteiger partial charge in [-0.3, -0.25) is 4.98 Å². The minimum atomic E-state index is 0.245. The van der Waals surface area contributed by atoms with E-state index >= 15 is 0 Å². The number of hydrogen-bond acceptors (Lipinski definition) is 4. The quantitative estimate of drug-likeness (QED) is 0.273. The van der Waals surface area contributed by atoms with Gasteiger partial charge < -0.3 is 9.42 Å². The molecule has 0 N–H and O–H groups in total. The lowest BCUT2D eigenvalue weighted by molar-refractivity contribution is 0.277. The summed E-state index contributed by atoms with van der Waals surface area (Å²) in [4.78, 5) is 7.17. The molecule has 0 amide bonds. The maximum Gasteiger partial charge on any atom is 0.147 e. The number of pyridine rings is 1. The molecule has 0 atom stereocenters. The Balaban J connectivity index is 1.17. The molecular formula is C30H27Cl2N3O. The molecule has 1 saturated carbocycles. The second kappa shape index (κ2) is 8.36. The van der Waals surface area contributed by atoms with E-state index in [0.29, 0.717) is 16.0 Å². The fraction of sp³-hybridized carbons (Fsp3) is 0.333.